The van der Waals surface area contributed by atoms with E-state index in [1.165, 1.54) is 24.3 Å². The molecular formula is C15H21N3O3. The predicted molar refractivity (Wildman–Crippen MR) is 80.3 cm³/mol. The first-order chi connectivity index (χ1) is 9.97. The average Bonchev–Trinajstić information content (AvgIpc) is 2.47. The fourth-order valence-corrected chi connectivity index (χ4v) is 2.74. The van der Waals surface area contributed by atoms with Gasteiger partial charge in [0.25, 0.3) is 11.6 Å². The van der Waals surface area contributed by atoms with Crippen molar-refractivity contribution in [3.05, 3.63) is 39.9 Å². The molecule has 2 rings (SSSR count). The van der Waals surface area contributed by atoms with Crippen LogP contribution in [0.25, 0.3) is 0 Å². The highest BCUT2D eigenvalue weighted by atomic mass is 16.6. The molecule has 1 fully saturated rings. The summed E-state index contributed by atoms with van der Waals surface area (Å²) in [6.45, 7) is 2.57. The summed E-state index contributed by atoms with van der Waals surface area (Å²) in [6.07, 6.45) is 2.02. The molecule has 6 nitrogen and oxygen atoms in total. The van der Waals surface area contributed by atoms with Crippen LogP contribution >= 0.6 is 0 Å². The van der Waals surface area contributed by atoms with Gasteiger partial charge in [0.2, 0.25) is 0 Å². The van der Waals surface area contributed by atoms with Gasteiger partial charge in [0.15, 0.2) is 0 Å². The lowest BCUT2D eigenvalue weighted by molar-refractivity contribution is -0.384. The fourth-order valence-electron chi connectivity index (χ4n) is 2.74. The normalized spacial score (nSPS) is 16.2. The van der Waals surface area contributed by atoms with Gasteiger partial charge in [0.05, 0.1) is 4.92 Å². The number of non-ortho nitro benzene ring substituents is 1. The third kappa shape index (κ3) is 4.01. The minimum atomic E-state index is -0.457. The lowest BCUT2D eigenvalue weighted by atomic mass is 9.96. The second-order valence-corrected chi connectivity index (χ2v) is 5.80. The van der Waals surface area contributed by atoms with Crippen LogP contribution in [0.5, 0.6) is 0 Å². The summed E-state index contributed by atoms with van der Waals surface area (Å²) in [5.74, 6) is 0.606. The Morgan fingerprint density at radius 2 is 1.86 bits per heavy atom. The lowest BCUT2D eigenvalue weighted by Crippen LogP contribution is -2.40. The van der Waals surface area contributed by atoms with Gasteiger partial charge in [-0.15, -0.1) is 0 Å². The molecular weight excluding hydrogens is 270 g/mol. The molecule has 1 aliphatic rings. The number of hydrogen-bond acceptors (Lipinski definition) is 4. The maximum Gasteiger partial charge on any atom is 0.269 e. The van der Waals surface area contributed by atoms with Gasteiger partial charge in [-0.25, -0.2) is 0 Å². The molecule has 1 aliphatic heterocycles. The first kappa shape index (κ1) is 15.4. The number of nitrogens with zero attached hydrogens (tertiary/aromatic N) is 3. The number of rotatable bonds is 4. The number of amides is 1. The average molecular weight is 291 g/mol. The molecule has 1 heterocycles. The van der Waals surface area contributed by atoms with Gasteiger partial charge >= 0.3 is 0 Å². The van der Waals surface area contributed by atoms with Crippen LogP contribution < -0.4 is 0 Å². The zero-order valence-electron chi connectivity index (χ0n) is 12.5. The summed E-state index contributed by atoms with van der Waals surface area (Å²) in [5.41, 5.74) is 0.530. The van der Waals surface area contributed by atoms with Crippen LogP contribution in [0, 0.1) is 16.0 Å². The van der Waals surface area contributed by atoms with E-state index in [1.54, 1.807) is 0 Å². The Bertz CT molecular complexity index is 505. The predicted octanol–water partition coefficient (Wildman–Crippen LogP) is 2.01. The van der Waals surface area contributed by atoms with Crippen LogP contribution in [-0.2, 0) is 0 Å². The third-order valence-electron chi connectivity index (χ3n) is 3.85. The molecule has 21 heavy (non-hydrogen) atoms. The standard InChI is InChI=1S/C15H21N3O3/c1-16(2)11-12-7-9-17(10-8-12)15(19)13-3-5-14(6-4-13)18(20)21/h3-6,12H,7-11H2,1-2H3. The van der Waals surface area contributed by atoms with Crippen molar-refractivity contribution < 1.29 is 9.72 Å². The Kier molecular flexibility index (Phi) is 4.90. The van der Waals surface area contributed by atoms with Gasteiger partial charge in [-0.1, -0.05) is 0 Å². The van der Waals surface area contributed by atoms with Crippen LogP contribution in [0.2, 0.25) is 0 Å². The second kappa shape index (κ2) is 6.67. The smallest absolute Gasteiger partial charge is 0.269 e. The summed E-state index contributed by atoms with van der Waals surface area (Å²) >= 11 is 0. The number of hydrogen-bond donors (Lipinski definition) is 0. The molecule has 1 aromatic carbocycles. The van der Waals surface area contributed by atoms with Crippen LogP contribution in [0.3, 0.4) is 0 Å². The first-order valence-electron chi connectivity index (χ1n) is 7.16. The van der Waals surface area contributed by atoms with Gasteiger partial charge in [0, 0.05) is 37.3 Å². The Morgan fingerprint density at radius 1 is 1.29 bits per heavy atom. The molecule has 114 valence electrons. The quantitative estimate of drug-likeness (QED) is 0.628. The molecule has 0 N–H and O–H groups in total. The summed E-state index contributed by atoms with van der Waals surface area (Å²) in [5, 5.41) is 10.6. The molecule has 0 saturated carbocycles. The molecule has 0 aliphatic carbocycles. The largest absolute Gasteiger partial charge is 0.339 e. The molecule has 0 unspecified atom stereocenters. The van der Waals surface area contributed by atoms with Crippen molar-refractivity contribution in [2.24, 2.45) is 5.92 Å². The SMILES string of the molecule is CN(C)CC1CCN(C(=O)c2ccc([N+](=O)[O-])cc2)CC1. The second-order valence-electron chi connectivity index (χ2n) is 5.80. The highest BCUT2D eigenvalue weighted by Crippen LogP contribution is 2.20. The molecule has 0 atom stereocenters. The van der Waals surface area contributed by atoms with Crippen molar-refractivity contribution in [2.45, 2.75) is 12.8 Å². The topological polar surface area (TPSA) is 66.7 Å². The molecule has 1 saturated heterocycles. The van der Waals surface area contributed by atoms with E-state index in [-0.39, 0.29) is 11.6 Å². The van der Waals surface area contributed by atoms with Crippen molar-refractivity contribution in [1.82, 2.24) is 9.80 Å². The molecule has 0 aromatic heterocycles. The third-order valence-corrected chi connectivity index (χ3v) is 3.85. The van der Waals surface area contributed by atoms with E-state index in [0.29, 0.717) is 11.5 Å². The highest BCUT2D eigenvalue weighted by molar-refractivity contribution is 5.94. The zero-order valence-corrected chi connectivity index (χ0v) is 12.5. The summed E-state index contributed by atoms with van der Waals surface area (Å²) < 4.78 is 0. The molecule has 6 heteroatoms. The lowest BCUT2D eigenvalue weighted by Gasteiger charge is -2.33. The summed E-state index contributed by atoms with van der Waals surface area (Å²) in [6, 6.07) is 5.83. The van der Waals surface area contributed by atoms with Gasteiger partial charge < -0.3 is 9.80 Å². The monoisotopic (exact) mass is 291 g/mol. The van der Waals surface area contributed by atoms with E-state index >= 15 is 0 Å². The molecule has 0 bridgehead atoms. The van der Waals surface area contributed by atoms with Crippen molar-refractivity contribution in [3.8, 4) is 0 Å². The minimum Gasteiger partial charge on any atom is -0.339 e. The van der Waals surface area contributed by atoms with Gasteiger partial charge in [-0.05, 0) is 45.0 Å². The number of carbonyl (C=O) groups is 1. The van der Waals surface area contributed by atoms with Gasteiger partial charge in [-0.2, -0.15) is 0 Å². The van der Waals surface area contributed by atoms with Crippen LogP contribution in [0.1, 0.15) is 23.2 Å². The van der Waals surface area contributed by atoms with E-state index in [9.17, 15) is 14.9 Å². The maximum atomic E-state index is 12.4. The van der Waals surface area contributed by atoms with E-state index in [1.807, 2.05) is 4.90 Å². The number of nitro groups is 1. The molecule has 0 radical (unpaired) electrons. The highest BCUT2D eigenvalue weighted by Gasteiger charge is 2.24. The molecule has 0 spiro atoms. The van der Waals surface area contributed by atoms with E-state index in [2.05, 4.69) is 19.0 Å². The van der Waals surface area contributed by atoms with Crippen molar-refractivity contribution in [2.75, 3.05) is 33.7 Å². The Hall–Kier alpha value is -1.95. The summed E-state index contributed by atoms with van der Waals surface area (Å²) in [7, 11) is 4.13. The maximum absolute atomic E-state index is 12.4. The number of likely N-dealkylation sites (tertiary alicyclic amines) is 1. The van der Waals surface area contributed by atoms with Crippen LogP contribution in [0.4, 0.5) is 5.69 Å². The molecule has 1 aromatic rings. The van der Waals surface area contributed by atoms with Crippen LogP contribution in [0.15, 0.2) is 24.3 Å². The van der Waals surface area contributed by atoms with Crippen molar-refractivity contribution in [3.63, 3.8) is 0 Å². The van der Waals surface area contributed by atoms with E-state index in [0.717, 1.165) is 32.5 Å². The van der Waals surface area contributed by atoms with Gasteiger partial charge in [-0.3, -0.25) is 14.9 Å². The van der Waals surface area contributed by atoms with Gasteiger partial charge in [0.1, 0.15) is 0 Å². The Labute approximate surface area is 124 Å². The first-order valence-corrected chi connectivity index (χ1v) is 7.16. The van der Waals surface area contributed by atoms with E-state index < -0.39 is 4.92 Å². The molecule has 1 amide bonds. The zero-order chi connectivity index (χ0) is 15.4. The minimum absolute atomic E-state index is 0.0104. The van der Waals surface area contributed by atoms with Crippen LogP contribution in [-0.4, -0.2) is 54.4 Å². The fraction of sp³-hybridized carbons (Fsp3) is 0.533. The number of carbonyl (C=O) groups excluding carboxylic acids is 1. The Balaban J connectivity index is 1.94. The van der Waals surface area contributed by atoms with E-state index in [4.69, 9.17) is 0 Å². The number of piperidine rings is 1. The number of nitro benzene ring substituents is 1. The Morgan fingerprint density at radius 3 is 2.33 bits per heavy atom. The van der Waals surface area contributed by atoms with Crippen molar-refractivity contribution >= 4 is 11.6 Å². The summed E-state index contributed by atoms with van der Waals surface area (Å²) in [4.78, 5) is 26.5. The number of benzene rings is 1. The van der Waals surface area contributed by atoms with Crippen molar-refractivity contribution in [1.29, 1.82) is 0 Å².